The summed E-state index contributed by atoms with van der Waals surface area (Å²) >= 11 is 0. The topological polar surface area (TPSA) is 26.3 Å². The predicted molar refractivity (Wildman–Crippen MR) is 68.7 cm³/mol. The predicted octanol–water partition coefficient (Wildman–Crippen LogP) is 4.00. The van der Waals surface area contributed by atoms with Crippen LogP contribution in [0.1, 0.15) is 64.7 Å². The molecule has 0 amide bonds. The van der Waals surface area contributed by atoms with E-state index >= 15 is 0 Å². The minimum atomic E-state index is -0.0293. The van der Waals surface area contributed by atoms with E-state index in [9.17, 15) is 4.79 Å². The molecule has 2 heteroatoms. The van der Waals surface area contributed by atoms with Crippen LogP contribution in [0.3, 0.4) is 0 Å². The van der Waals surface area contributed by atoms with Gasteiger partial charge in [0.2, 0.25) is 0 Å². The minimum absolute atomic E-state index is 0.0293. The highest BCUT2D eigenvalue weighted by Gasteiger charge is 2.30. The minimum Gasteiger partial charge on any atom is -0.462 e. The highest BCUT2D eigenvalue weighted by Crippen LogP contribution is 2.36. The zero-order chi connectivity index (χ0) is 12.1. The summed E-state index contributed by atoms with van der Waals surface area (Å²) < 4.78 is 5.63. The summed E-state index contributed by atoms with van der Waals surface area (Å²) in [6, 6.07) is 0. The van der Waals surface area contributed by atoms with Crippen LogP contribution in [0.25, 0.3) is 0 Å². The molecule has 17 heavy (non-hydrogen) atoms. The Labute approximate surface area is 104 Å². The van der Waals surface area contributed by atoms with E-state index in [1.54, 1.807) is 5.57 Å². The van der Waals surface area contributed by atoms with Gasteiger partial charge in [-0.2, -0.15) is 0 Å². The van der Waals surface area contributed by atoms with Crippen LogP contribution in [0.15, 0.2) is 11.6 Å². The standard InChI is InChI=1S/C15H24O2/c1-2-15(16)17-14-11-7-6-10-13(14)12-8-4-3-5-9-12/h8,13-14H,2-7,9-11H2,1H3. The van der Waals surface area contributed by atoms with Gasteiger partial charge in [0.15, 0.2) is 0 Å². The van der Waals surface area contributed by atoms with Crippen LogP contribution in [-0.4, -0.2) is 12.1 Å². The lowest BCUT2D eigenvalue weighted by Gasteiger charge is -2.34. The maximum Gasteiger partial charge on any atom is 0.305 e. The summed E-state index contributed by atoms with van der Waals surface area (Å²) in [5, 5.41) is 0. The van der Waals surface area contributed by atoms with Gasteiger partial charge in [0.05, 0.1) is 0 Å². The van der Waals surface area contributed by atoms with Gasteiger partial charge in [0, 0.05) is 12.3 Å². The molecule has 2 aliphatic rings. The summed E-state index contributed by atoms with van der Waals surface area (Å²) in [4.78, 5) is 11.5. The van der Waals surface area contributed by atoms with E-state index in [1.807, 2.05) is 6.92 Å². The van der Waals surface area contributed by atoms with E-state index in [2.05, 4.69) is 6.08 Å². The van der Waals surface area contributed by atoms with Gasteiger partial charge in [0.1, 0.15) is 6.10 Å². The first-order chi connectivity index (χ1) is 8.31. The quantitative estimate of drug-likeness (QED) is 0.547. The lowest BCUT2D eigenvalue weighted by atomic mass is 9.77. The van der Waals surface area contributed by atoms with Gasteiger partial charge >= 0.3 is 5.97 Å². The second-order valence-electron chi connectivity index (χ2n) is 5.30. The lowest BCUT2D eigenvalue weighted by molar-refractivity contribution is -0.152. The molecule has 2 nitrogen and oxygen atoms in total. The maximum absolute atomic E-state index is 11.5. The fraction of sp³-hybridized carbons (Fsp3) is 0.800. The average molecular weight is 236 g/mol. The number of allylic oxidation sites excluding steroid dienone is 1. The van der Waals surface area contributed by atoms with Crippen molar-refractivity contribution >= 4 is 5.97 Å². The van der Waals surface area contributed by atoms with E-state index in [-0.39, 0.29) is 12.1 Å². The van der Waals surface area contributed by atoms with Crippen LogP contribution in [0.5, 0.6) is 0 Å². The van der Waals surface area contributed by atoms with Crippen molar-refractivity contribution in [2.75, 3.05) is 0 Å². The van der Waals surface area contributed by atoms with Crippen LogP contribution in [0, 0.1) is 5.92 Å². The second kappa shape index (κ2) is 6.23. The SMILES string of the molecule is CCC(=O)OC1CCCCC1C1=CCCCC1. The molecule has 2 rings (SSSR count). The van der Waals surface area contributed by atoms with Crippen molar-refractivity contribution in [3.05, 3.63) is 11.6 Å². The van der Waals surface area contributed by atoms with Crippen molar-refractivity contribution in [1.82, 2.24) is 0 Å². The normalized spacial score (nSPS) is 29.6. The Hall–Kier alpha value is -0.790. The smallest absolute Gasteiger partial charge is 0.305 e. The number of esters is 1. The third kappa shape index (κ3) is 3.34. The molecule has 0 aliphatic heterocycles. The van der Waals surface area contributed by atoms with Gasteiger partial charge in [-0.1, -0.05) is 25.0 Å². The Morgan fingerprint density at radius 1 is 1.29 bits per heavy atom. The van der Waals surface area contributed by atoms with Crippen LogP contribution in [-0.2, 0) is 9.53 Å². The van der Waals surface area contributed by atoms with Crippen molar-refractivity contribution in [3.8, 4) is 0 Å². The van der Waals surface area contributed by atoms with Gasteiger partial charge in [-0.05, 0) is 44.9 Å². The summed E-state index contributed by atoms with van der Waals surface area (Å²) in [7, 11) is 0. The molecule has 1 fully saturated rings. The van der Waals surface area contributed by atoms with Gasteiger partial charge in [-0.15, -0.1) is 0 Å². The highest BCUT2D eigenvalue weighted by atomic mass is 16.5. The van der Waals surface area contributed by atoms with Crippen LogP contribution < -0.4 is 0 Å². The largest absolute Gasteiger partial charge is 0.462 e. The van der Waals surface area contributed by atoms with Crippen molar-refractivity contribution < 1.29 is 9.53 Å². The molecule has 0 aromatic heterocycles. The van der Waals surface area contributed by atoms with Gasteiger partial charge in [-0.3, -0.25) is 4.79 Å². The Bertz CT molecular complexity index is 293. The first kappa shape index (κ1) is 12.7. The molecule has 1 saturated carbocycles. The summed E-state index contributed by atoms with van der Waals surface area (Å²) in [6.45, 7) is 1.88. The van der Waals surface area contributed by atoms with Crippen molar-refractivity contribution in [2.45, 2.75) is 70.8 Å². The van der Waals surface area contributed by atoms with Crippen LogP contribution >= 0.6 is 0 Å². The molecule has 0 aromatic carbocycles. The van der Waals surface area contributed by atoms with Crippen molar-refractivity contribution in [3.63, 3.8) is 0 Å². The molecule has 0 N–H and O–H groups in total. The number of carbonyl (C=O) groups is 1. The Morgan fingerprint density at radius 2 is 2.12 bits per heavy atom. The van der Waals surface area contributed by atoms with Crippen LogP contribution in [0.4, 0.5) is 0 Å². The average Bonchev–Trinajstić information content (AvgIpc) is 2.40. The summed E-state index contributed by atoms with van der Waals surface area (Å²) in [5.74, 6) is 0.498. The number of rotatable bonds is 3. The molecule has 0 radical (unpaired) electrons. The molecule has 2 unspecified atom stereocenters. The van der Waals surface area contributed by atoms with Gasteiger partial charge in [-0.25, -0.2) is 0 Å². The van der Waals surface area contributed by atoms with E-state index in [1.165, 1.54) is 44.9 Å². The molecule has 2 atom stereocenters. The third-order valence-corrected chi connectivity index (χ3v) is 4.08. The maximum atomic E-state index is 11.5. The zero-order valence-electron chi connectivity index (χ0n) is 10.9. The molecule has 0 spiro atoms. The molecule has 96 valence electrons. The number of hydrogen-bond acceptors (Lipinski definition) is 2. The number of ether oxygens (including phenoxy) is 1. The number of hydrogen-bond donors (Lipinski definition) is 0. The zero-order valence-corrected chi connectivity index (χ0v) is 10.9. The molecule has 2 aliphatic carbocycles. The van der Waals surface area contributed by atoms with Gasteiger partial charge in [0.25, 0.3) is 0 Å². The molecular weight excluding hydrogens is 212 g/mol. The lowest BCUT2D eigenvalue weighted by Crippen LogP contribution is -2.31. The van der Waals surface area contributed by atoms with E-state index in [0.29, 0.717) is 12.3 Å². The fourth-order valence-electron chi connectivity index (χ4n) is 3.11. The Morgan fingerprint density at radius 3 is 2.82 bits per heavy atom. The molecule has 0 heterocycles. The second-order valence-corrected chi connectivity index (χ2v) is 5.30. The van der Waals surface area contributed by atoms with E-state index < -0.39 is 0 Å². The first-order valence-corrected chi connectivity index (χ1v) is 7.19. The van der Waals surface area contributed by atoms with Crippen LogP contribution in [0.2, 0.25) is 0 Å². The first-order valence-electron chi connectivity index (χ1n) is 7.19. The fourth-order valence-corrected chi connectivity index (χ4v) is 3.11. The summed E-state index contributed by atoms with van der Waals surface area (Å²) in [5.41, 5.74) is 1.57. The number of carbonyl (C=O) groups excluding carboxylic acids is 1. The molecule has 0 saturated heterocycles. The molecule has 0 aromatic rings. The Balaban J connectivity index is 2.00. The Kier molecular flexibility index (Phi) is 4.64. The molecule has 0 bridgehead atoms. The third-order valence-electron chi connectivity index (χ3n) is 4.08. The highest BCUT2D eigenvalue weighted by molar-refractivity contribution is 5.69. The monoisotopic (exact) mass is 236 g/mol. The van der Waals surface area contributed by atoms with Crippen molar-refractivity contribution in [1.29, 1.82) is 0 Å². The van der Waals surface area contributed by atoms with Gasteiger partial charge < -0.3 is 4.74 Å². The van der Waals surface area contributed by atoms with E-state index in [0.717, 1.165) is 6.42 Å². The van der Waals surface area contributed by atoms with E-state index in [4.69, 9.17) is 4.74 Å². The van der Waals surface area contributed by atoms with Crippen molar-refractivity contribution in [2.24, 2.45) is 5.92 Å². The summed E-state index contributed by atoms with van der Waals surface area (Å²) in [6.07, 6.45) is 13.0. The molecular formula is C15H24O2.